The van der Waals surface area contributed by atoms with Crippen molar-refractivity contribution in [1.29, 1.82) is 0 Å². The van der Waals surface area contributed by atoms with E-state index in [0.29, 0.717) is 19.4 Å². The Balaban J connectivity index is 1.71. The van der Waals surface area contributed by atoms with Crippen LogP contribution in [0.5, 0.6) is 0 Å². The van der Waals surface area contributed by atoms with Crippen molar-refractivity contribution in [1.82, 2.24) is 0 Å². The number of rotatable bonds is 4. The Kier molecular flexibility index (Phi) is 4.97. The van der Waals surface area contributed by atoms with Gasteiger partial charge in [0.25, 0.3) is 0 Å². The van der Waals surface area contributed by atoms with Crippen LogP contribution in [0.25, 0.3) is 0 Å². The molecule has 4 rings (SSSR count). The Morgan fingerprint density at radius 3 is 1.85 bits per heavy atom. The maximum Gasteiger partial charge on any atom is 0.308 e. The largest absolute Gasteiger partial charge is 0.432 e. The van der Waals surface area contributed by atoms with Crippen molar-refractivity contribution in [2.24, 2.45) is 5.41 Å². The van der Waals surface area contributed by atoms with Crippen LogP contribution in [0.1, 0.15) is 30.4 Å². The molecule has 1 spiro atoms. The number of hydrogen-bond acceptors (Lipinski definition) is 3. The van der Waals surface area contributed by atoms with E-state index < -0.39 is 5.79 Å². The zero-order valence-electron chi connectivity index (χ0n) is 14.3. The molecule has 0 N–H and O–H groups in total. The molecule has 3 nitrogen and oxygen atoms in total. The molecule has 2 aliphatic heterocycles. The van der Waals surface area contributed by atoms with E-state index in [9.17, 15) is 4.79 Å². The lowest BCUT2D eigenvalue weighted by Gasteiger charge is -2.41. The van der Waals surface area contributed by atoms with Gasteiger partial charge in [0.1, 0.15) is 0 Å². The predicted octanol–water partition coefficient (Wildman–Crippen LogP) is 5.44. The monoisotopic (exact) mass is 478 g/mol. The summed E-state index contributed by atoms with van der Waals surface area (Å²) in [7, 11) is 0. The molecule has 26 heavy (non-hydrogen) atoms. The van der Waals surface area contributed by atoms with Crippen molar-refractivity contribution in [3.63, 3.8) is 0 Å². The molecule has 2 fully saturated rings. The molecule has 0 amide bonds. The fourth-order valence-corrected chi connectivity index (χ4v) is 4.81. The smallest absolute Gasteiger partial charge is 0.308 e. The Bertz CT molecular complexity index is 754. The zero-order valence-corrected chi connectivity index (χ0v) is 17.5. The first kappa shape index (κ1) is 18.2. The van der Waals surface area contributed by atoms with E-state index in [0.717, 1.165) is 28.2 Å². The number of carbonyl (C=O) groups is 1. The van der Waals surface area contributed by atoms with Gasteiger partial charge in [0.05, 0.1) is 13.0 Å². The molecule has 0 saturated carbocycles. The Morgan fingerprint density at radius 2 is 1.38 bits per heavy atom. The van der Waals surface area contributed by atoms with Gasteiger partial charge in [-0.2, -0.15) is 0 Å². The summed E-state index contributed by atoms with van der Waals surface area (Å²) in [6.45, 7) is 0.625. The van der Waals surface area contributed by atoms with Gasteiger partial charge < -0.3 is 9.47 Å². The molecule has 0 aliphatic carbocycles. The highest BCUT2D eigenvalue weighted by atomic mass is 79.9. The summed E-state index contributed by atoms with van der Waals surface area (Å²) in [6.07, 6.45) is 3.60. The molecule has 2 aromatic carbocycles. The second kappa shape index (κ2) is 7.10. The first-order chi connectivity index (χ1) is 12.5. The molecule has 1 atom stereocenters. The molecular weight excluding hydrogens is 460 g/mol. The number of ether oxygens (including phenoxy) is 2. The van der Waals surface area contributed by atoms with Gasteiger partial charge in [-0.15, -0.1) is 0 Å². The average molecular weight is 480 g/mol. The normalized spacial score (nSPS) is 24.2. The van der Waals surface area contributed by atoms with Gasteiger partial charge >= 0.3 is 5.97 Å². The zero-order chi connectivity index (χ0) is 18.2. The summed E-state index contributed by atoms with van der Waals surface area (Å²) in [5.41, 5.74) is 2.22. The second-order valence-electron chi connectivity index (χ2n) is 7.21. The third kappa shape index (κ3) is 3.37. The highest BCUT2D eigenvalue weighted by molar-refractivity contribution is 9.10. The van der Waals surface area contributed by atoms with Gasteiger partial charge in [0.15, 0.2) is 0 Å². The summed E-state index contributed by atoms with van der Waals surface area (Å²) >= 11 is 7.00. The van der Waals surface area contributed by atoms with E-state index in [1.807, 2.05) is 0 Å². The molecule has 5 heteroatoms. The van der Waals surface area contributed by atoms with Crippen LogP contribution in [0.4, 0.5) is 0 Å². The highest BCUT2D eigenvalue weighted by Crippen LogP contribution is 2.54. The van der Waals surface area contributed by atoms with Gasteiger partial charge in [-0.3, -0.25) is 4.79 Å². The minimum absolute atomic E-state index is 0.150. The van der Waals surface area contributed by atoms with Crippen LogP contribution in [0.15, 0.2) is 57.5 Å². The van der Waals surface area contributed by atoms with E-state index in [1.54, 1.807) is 0 Å². The van der Waals surface area contributed by atoms with E-state index in [-0.39, 0.29) is 11.4 Å². The maximum absolute atomic E-state index is 12.0. The highest BCUT2D eigenvalue weighted by Gasteiger charge is 2.61. The van der Waals surface area contributed by atoms with Crippen molar-refractivity contribution in [3.05, 3.63) is 68.6 Å². The van der Waals surface area contributed by atoms with Crippen LogP contribution in [0, 0.1) is 5.41 Å². The van der Waals surface area contributed by atoms with E-state index in [4.69, 9.17) is 9.47 Å². The number of esters is 1. The predicted molar refractivity (Wildman–Crippen MR) is 107 cm³/mol. The van der Waals surface area contributed by atoms with Gasteiger partial charge in [-0.25, -0.2) is 0 Å². The van der Waals surface area contributed by atoms with Gasteiger partial charge in [-0.1, -0.05) is 56.1 Å². The Labute approximate surface area is 170 Å². The molecule has 0 radical (unpaired) electrons. The number of carbonyl (C=O) groups excluding carboxylic acids is 1. The van der Waals surface area contributed by atoms with Gasteiger partial charge in [0, 0.05) is 20.8 Å². The number of hydrogen-bond donors (Lipinski definition) is 0. The first-order valence-corrected chi connectivity index (χ1v) is 10.4. The molecule has 0 bridgehead atoms. The van der Waals surface area contributed by atoms with Crippen LogP contribution in [-0.4, -0.2) is 18.4 Å². The lowest BCUT2D eigenvalue weighted by molar-refractivity contribution is -0.230. The summed E-state index contributed by atoms with van der Waals surface area (Å²) in [6, 6.07) is 16.8. The standard InChI is InChI=1S/C21H20Br2O3/c22-17-5-1-15(2-6-17)13-20(14-16-3-7-18(23)8-4-16)11-12-25-21(20)10-9-19(24)26-21/h1-8H,9-14H2/t21-/m0/s1. The lowest BCUT2D eigenvalue weighted by atomic mass is 9.68. The van der Waals surface area contributed by atoms with Crippen LogP contribution in [0.3, 0.4) is 0 Å². The molecule has 2 aliphatic rings. The minimum atomic E-state index is -0.801. The SMILES string of the molecule is O=C1CC[C@]2(OCCC2(Cc2ccc(Br)cc2)Cc2ccc(Br)cc2)O1. The number of halogens is 2. The van der Waals surface area contributed by atoms with Crippen LogP contribution >= 0.6 is 31.9 Å². The Morgan fingerprint density at radius 1 is 0.846 bits per heavy atom. The third-order valence-electron chi connectivity index (χ3n) is 5.57. The summed E-state index contributed by atoms with van der Waals surface area (Å²) in [5.74, 6) is -0.951. The van der Waals surface area contributed by atoms with Crippen LogP contribution in [0.2, 0.25) is 0 Å². The maximum atomic E-state index is 12.0. The van der Waals surface area contributed by atoms with E-state index >= 15 is 0 Å². The summed E-state index contributed by atoms with van der Waals surface area (Å²) in [5, 5.41) is 0. The first-order valence-electron chi connectivity index (χ1n) is 8.85. The van der Waals surface area contributed by atoms with Crippen molar-refractivity contribution < 1.29 is 14.3 Å². The third-order valence-corrected chi connectivity index (χ3v) is 6.63. The van der Waals surface area contributed by atoms with Crippen molar-refractivity contribution in [3.8, 4) is 0 Å². The molecule has 136 valence electrons. The van der Waals surface area contributed by atoms with Crippen LogP contribution < -0.4 is 0 Å². The number of benzene rings is 2. The quantitative estimate of drug-likeness (QED) is 0.548. The van der Waals surface area contributed by atoms with Gasteiger partial charge in [0.2, 0.25) is 5.79 Å². The fourth-order valence-electron chi connectivity index (χ4n) is 4.28. The van der Waals surface area contributed by atoms with Gasteiger partial charge in [-0.05, 0) is 54.7 Å². The molecule has 0 unspecified atom stereocenters. The van der Waals surface area contributed by atoms with E-state index in [2.05, 4.69) is 80.4 Å². The Hall–Kier alpha value is -1.17. The molecule has 2 heterocycles. The van der Waals surface area contributed by atoms with Crippen molar-refractivity contribution >= 4 is 37.8 Å². The molecule has 2 saturated heterocycles. The van der Waals surface area contributed by atoms with Crippen molar-refractivity contribution in [2.75, 3.05) is 6.61 Å². The summed E-state index contributed by atoms with van der Waals surface area (Å²) < 4.78 is 14.1. The second-order valence-corrected chi connectivity index (χ2v) is 9.04. The van der Waals surface area contributed by atoms with Crippen LogP contribution in [-0.2, 0) is 27.1 Å². The molecular formula is C21H20Br2O3. The summed E-state index contributed by atoms with van der Waals surface area (Å²) in [4.78, 5) is 12.0. The average Bonchev–Trinajstić information content (AvgIpc) is 3.16. The van der Waals surface area contributed by atoms with Crippen molar-refractivity contribution in [2.45, 2.75) is 37.9 Å². The molecule has 0 aromatic heterocycles. The van der Waals surface area contributed by atoms with E-state index in [1.165, 1.54) is 11.1 Å². The molecule has 2 aromatic rings. The lowest BCUT2D eigenvalue weighted by Crippen LogP contribution is -2.48. The minimum Gasteiger partial charge on any atom is -0.432 e. The fraction of sp³-hybridized carbons (Fsp3) is 0.381. The topological polar surface area (TPSA) is 35.5 Å².